The summed E-state index contributed by atoms with van der Waals surface area (Å²) in [6.07, 6.45) is 0. The van der Waals surface area contributed by atoms with Gasteiger partial charge in [-0.05, 0) is 35.4 Å². The average molecular weight is 235 g/mol. The summed E-state index contributed by atoms with van der Waals surface area (Å²) >= 11 is 0. The third-order valence-corrected chi connectivity index (χ3v) is 3.14. The Morgan fingerprint density at radius 3 is 1.59 bits per heavy atom. The molecule has 0 spiro atoms. The first-order chi connectivity index (χ1) is 7.88. The van der Waals surface area contributed by atoms with Gasteiger partial charge in [0.05, 0.1) is 7.11 Å². The van der Waals surface area contributed by atoms with E-state index in [0.29, 0.717) is 11.8 Å². The summed E-state index contributed by atoms with van der Waals surface area (Å²) < 4.78 is 5.59. The van der Waals surface area contributed by atoms with Crippen LogP contribution < -0.4 is 10.5 Å². The van der Waals surface area contributed by atoms with Gasteiger partial charge in [-0.15, -0.1) is 0 Å². The van der Waals surface area contributed by atoms with Crippen molar-refractivity contribution in [2.24, 2.45) is 5.73 Å². The lowest BCUT2D eigenvalue weighted by Crippen LogP contribution is -2.09. The smallest absolute Gasteiger partial charge is 0.125 e. The standard InChI is InChI=1S/C15H25NO/c1-9(2)13-7-12(11(5)16)8-14(10(3)4)15(13)17-6/h7-11H,16H2,1-6H3. The van der Waals surface area contributed by atoms with Gasteiger partial charge in [0.15, 0.2) is 0 Å². The summed E-state index contributed by atoms with van der Waals surface area (Å²) in [5.41, 5.74) is 9.71. The molecule has 1 unspecified atom stereocenters. The minimum atomic E-state index is 0.0657. The molecule has 1 rings (SSSR count). The summed E-state index contributed by atoms with van der Waals surface area (Å²) in [7, 11) is 1.75. The van der Waals surface area contributed by atoms with E-state index in [2.05, 4.69) is 39.8 Å². The number of hydrogen-bond acceptors (Lipinski definition) is 2. The SMILES string of the molecule is COc1c(C(C)C)cc(C(C)N)cc1C(C)C. The number of benzene rings is 1. The summed E-state index contributed by atoms with van der Waals surface area (Å²) in [5.74, 6) is 1.92. The van der Waals surface area contributed by atoms with Crippen molar-refractivity contribution >= 4 is 0 Å². The minimum Gasteiger partial charge on any atom is -0.496 e. The number of methoxy groups -OCH3 is 1. The maximum absolute atomic E-state index is 6.00. The summed E-state index contributed by atoms with van der Waals surface area (Å²) in [4.78, 5) is 0. The maximum atomic E-state index is 6.00. The van der Waals surface area contributed by atoms with Crippen LogP contribution in [0.15, 0.2) is 12.1 Å². The van der Waals surface area contributed by atoms with Gasteiger partial charge in [0.2, 0.25) is 0 Å². The van der Waals surface area contributed by atoms with Crippen LogP contribution in [-0.4, -0.2) is 7.11 Å². The molecule has 0 saturated carbocycles. The molecule has 0 amide bonds. The fourth-order valence-corrected chi connectivity index (χ4v) is 2.05. The molecule has 96 valence electrons. The zero-order valence-electron chi connectivity index (χ0n) is 11.9. The first-order valence-electron chi connectivity index (χ1n) is 6.35. The van der Waals surface area contributed by atoms with Crippen LogP contribution in [0.2, 0.25) is 0 Å². The molecule has 0 heterocycles. The molecule has 0 aromatic heterocycles. The van der Waals surface area contributed by atoms with E-state index >= 15 is 0 Å². The molecule has 2 N–H and O–H groups in total. The highest BCUT2D eigenvalue weighted by molar-refractivity contribution is 5.48. The second-order valence-electron chi connectivity index (χ2n) is 5.33. The average Bonchev–Trinajstić information content (AvgIpc) is 2.26. The van der Waals surface area contributed by atoms with Crippen molar-refractivity contribution in [1.82, 2.24) is 0 Å². The first-order valence-corrected chi connectivity index (χ1v) is 6.35. The van der Waals surface area contributed by atoms with Crippen molar-refractivity contribution in [3.63, 3.8) is 0 Å². The molecule has 0 radical (unpaired) electrons. The Kier molecular flexibility index (Phi) is 4.58. The van der Waals surface area contributed by atoms with Crippen molar-refractivity contribution in [1.29, 1.82) is 0 Å². The van der Waals surface area contributed by atoms with Crippen LogP contribution in [0.5, 0.6) is 5.75 Å². The van der Waals surface area contributed by atoms with Gasteiger partial charge in [-0.2, -0.15) is 0 Å². The van der Waals surface area contributed by atoms with Crippen molar-refractivity contribution in [3.8, 4) is 5.75 Å². The molecule has 0 bridgehead atoms. The van der Waals surface area contributed by atoms with E-state index < -0.39 is 0 Å². The number of nitrogens with two attached hydrogens (primary N) is 1. The molecule has 0 aliphatic rings. The molecule has 1 atom stereocenters. The molecule has 2 heteroatoms. The van der Waals surface area contributed by atoms with Crippen LogP contribution in [-0.2, 0) is 0 Å². The van der Waals surface area contributed by atoms with E-state index in [0.717, 1.165) is 5.75 Å². The molecular weight excluding hydrogens is 210 g/mol. The van der Waals surface area contributed by atoms with Crippen molar-refractivity contribution in [3.05, 3.63) is 28.8 Å². The third-order valence-electron chi connectivity index (χ3n) is 3.14. The van der Waals surface area contributed by atoms with Crippen LogP contribution >= 0.6 is 0 Å². The Labute approximate surface area is 105 Å². The fourth-order valence-electron chi connectivity index (χ4n) is 2.05. The Balaban J connectivity index is 3.46. The zero-order chi connectivity index (χ0) is 13.2. The maximum Gasteiger partial charge on any atom is 0.125 e. The highest BCUT2D eigenvalue weighted by atomic mass is 16.5. The Morgan fingerprint density at radius 1 is 0.941 bits per heavy atom. The summed E-state index contributed by atoms with van der Waals surface area (Å²) in [6, 6.07) is 4.43. The second-order valence-corrected chi connectivity index (χ2v) is 5.33. The molecule has 1 aromatic carbocycles. The van der Waals surface area contributed by atoms with E-state index in [1.165, 1.54) is 16.7 Å². The topological polar surface area (TPSA) is 35.2 Å². The predicted molar refractivity (Wildman–Crippen MR) is 73.8 cm³/mol. The Bertz CT molecular complexity index is 352. The third kappa shape index (κ3) is 3.01. The van der Waals surface area contributed by atoms with E-state index in [1.54, 1.807) is 7.11 Å². The van der Waals surface area contributed by atoms with Gasteiger partial charge in [-0.1, -0.05) is 39.8 Å². The monoisotopic (exact) mass is 235 g/mol. The van der Waals surface area contributed by atoms with Gasteiger partial charge in [0.1, 0.15) is 5.75 Å². The van der Waals surface area contributed by atoms with Crippen molar-refractivity contribution in [2.45, 2.75) is 52.5 Å². The molecule has 1 aromatic rings. The van der Waals surface area contributed by atoms with E-state index in [-0.39, 0.29) is 6.04 Å². The van der Waals surface area contributed by atoms with Gasteiger partial charge in [-0.25, -0.2) is 0 Å². The van der Waals surface area contributed by atoms with Gasteiger partial charge in [0.25, 0.3) is 0 Å². The molecular formula is C15H25NO. The molecule has 0 aliphatic heterocycles. The molecule has 17 heavy (non-hydrogen) atoms. The molecule has 2 nitrogen and oxygen atoms in total. The van der Waals surface area contributed by atoms with E-state index in [4.69, 9.17) is 10.5 Å². The number of hydrogen-bond donors (Lipinski definition) is 1. The predicted octanol–water partition coefficient (Wildman–Crippen LogP) is 3.96. The minimum absolute atomic E-state index is 0.0657. The second kappa shape index (κ2) is 5.54. The van der Waals surface area contributed by atoms with Crippen LogP contribution in [0, 0.1) is 0 Å². The fraction of sp³-hybridized carbons (Fsp3) is 0.600. The van der Waals surface area contributed by atoms with Gasteiger partial charge in [-0.3, -0.25) is 0 Å². The van der Waals surface area contributed by atoms with Gasteiger partial charge >= 0.3 is 0 Å². The zero-order valence-corrected chi connectivity index (χ0v) is 11.9. The van der Waals surface area contributed by atoms with Crippen LogP contribution in [0.4, 0.5) is 0 Å². The Morgan fingerprint density at radius 2 is 1.35 bits per heavy atom. The molecule has 0 fully saturated rings. The summed E-state index contributed by atoms with van der Waals surface area (Å²) in [5, 5.41) is 0. The van der Waals surface area contributed by atoms with Gasteiger partial charge in [0, 0.05) is 6.04 Å². The van der Waals surface area contributed by atoms with Crippen molar-refractivity contribution in [2.75, 3.05) is 7.11 Å². The summed E-state index contributed by atoms with van der Waals surface area (Å²) in [6.45, 7) is 10.8. The largest absolute Gasteiger partial charge is 0.496 e. The highest BCUT2D eigenvalue weighted by Crippen LogP contribution is 2.36. The normalized spacial score (nSPS) is 13.2. The quantitative estimate of drug-likeness (QED) is 0.857. The van der Waals surface area contributed by atoms with Crippen LogP contribution in [0.25, 0.3) is 0 Å². The molecule has 0 saturated heterocycles. The lowest BCUT2D eigenvalue weighted by Gasteiger charge is -2.21. The first kappa shape index (κ1) is 14.0. The molecule has 0 aliphatic carbocycles. The van der Waals surface area contributed by atoms with E-state index in [1.807, 2.05) is 6.92 Å². The number of rotatable bonds is 4. The lowest BCUT2D eigenvalue weighted by atomic mass is 9.90. The van der Waals surface area contributed by atoms with Gasteiger partial charge < -0.3 is 10.5 Å². The van der Waals surface area contributed by atoms with Crippen LogP contribution in [0.3, 0.4) is 0 Å². The van der Waals surface area contributed by atoms with E-state index in [9.17, 15) is 0 Å². The number of ether oxygens (including phenoxy) is 1. The Hall–Kier alpha value is -1.02. The lowest BCUT2D eigenvalue weighted by molar-refractivity contribution is 0.400. The van der Waals surface area contributed by atoms with Crippen molar-refractivity contribution < 1.29 is 4.74 Å². The highest BCUT2D eigenvalue weighted by Gasteiger charge is 2.17. The van der Waals surface area contributed by atoms with Crippen LogP contribution in [0.1, 0.15) is 69.2 Å².